The molecular formula is C12H18ClNO5S2. The first-order chi connectivity index (χ1) is 9.43. The van der Waals surface area contributed by atoms with E-state index in [0.717, 1.165) is 12.3 Å². The Labute approximate surface area is 130 Å². The first-order valence-corrected chi connectivity index (χ1v) is 9.88. The maximum atomic E-state index is 12.3. The second kappa shape index (κ2) is 6.62. The summed E-state index contributed by atoms with van der Waals surface area (Å²) in [6.45, 7) is 3.14. The van der Waals surface area contributed by atoms with Crippen molar-refractivity contribution in [1.29, 1.82) is 0 Å². The molecule has 1 aromatic carbocycles. The third-order valence-electron chi connectivity index (χ3n) is 2.67. The second-order valence-electron chi connectivity index (χ2n) is 4.97. The van der Waals surface area contributed by atoms with Crippen molar-refractivity contribution < 1.29 is 21.9 Å². The fourth-order valence-electron chi connectivity index (χ4n) is 1.81. The van der Waals surface area contributed by atoms with E-state index >= 15 is 0 Å². The van der Waals surface area contributed by atoms with E-state index in [9.17, 15) is 21.9 Å². The largest absolute Gasteiger partial charge is 0.393 e. The Kier molecular flexibility index (Phi) is 5.79. The molecule has 0 aliphatic rings. The summed E-state index contributed by atoms with van der Waals surface area (Å²) in [4.78, 5) is -0.431. The third kappa shape index (κ3) is 5.23. The van der Waals surface area contributed by atoms with Crippen LogP contribution in [0.3, 0.4) is 0 Å². The molecule has 0 saturated heterocycles. The summed E-state index contributed by atoms with van der Waals surface area (Å²) in [6, 6.07) is 2.98. The Morgan fingerprint density at radius 3 is 2.29 bits per heavy atom. The van der Waals surface area contributed by atoms with Crippen molar-refractivity contribution in [3.63, 3.8) is 0 Å². The fourth-order valence-corrected chi connectivity index (χ4v) is 4.31. The molecule has 0 aliphatic carbocycles. The Balaban J connectivity index is 3.19. The molecule has 1 rings (SSSR count). The minimum absolute atomic E-state index is 0.0702. The molecule has 2 unspecified atom stereocenters. The number of benzene rings is 1. The van der Waals surface area contributed by atoms with Crippen molar-refractivity contribution in [3.05, 3.63) is 23.2 Å². The van der Waals surface area contributed by atoms with E-state index in [-0.39, 0.29) is 21.2 Å². The van der Waals surface area contributed by atoms with Gasteiger partial charge in [0.25, 0.3) is 0 Å². The molecule has 120 valence electrons. The van der Waals surface area contributed by atoms with Crippen LogP contribution in [0.4, 0.5) is 0 Å². The van der Waals surface area contributed by atoms with Gasteiger partial charge in [0.05, 0.1) is 16.0 Å². The van der Waals surface area contributed by atoms with Crippen molar-refractivity contribution in [2.45, 2.75) is 42.2 Å². The molecule has 0 heterocycles. The fraction of sp³-hybridized carbons (Fsp3) is 0.500. The van der Waals surface area contributed by atoms with Crippen molar-refractivity contribution in [2.75, 3.05) is 6.26 Å². The minimum Gasteiger partial charge on any atom is -0.393 e. The van der Waals surface area contributed by atoms with Crippen LogP contribution in [0, 0.1) is 0 Å². The number of hydrogen-bond donors (Lipinski definition) is 2. The highest BCUT2D eigenvalue weighted by Gasteiger charge is 2.23. The van der Waals surface area contributed by atoms with Crippen LogP contribution < -0.4 is 4.72 Å². The van der Waals surface area contributed by atoms with E-state index in [1.807, 2.05) is 0 Å². The number of nitrogens with one attached hydrogen (secondary N) is 1. The smallest absolute Gasteiger partial charge is 0.242 e. The molecule has 0 bridgehead atoms. The summed E-state index contributed by atoms with van der Waals surface area (Å²) in [7, 11) is -7.52. The normalized spacial score (nSPS) is 15.7. The molecule has 0 spiro atoms. The summed E-state index contributed by atoms with van der Waals surface area (Å²) in [5, 5.41) is 9.19. The highest BCUT2D eigenvalue weighted by atomic mass is 35.5. The lowest BCUT2D eigenvalue weighted by molar-refractivity contribution is 0.175. The van der Waals surface area contributed by atoms with Crippen LogP contribution in [0.1, 0.15) is 20.3 Å². The highest BCUT2D eigenvalue weighted by molar-refractivity contribution is 7.91. The maximum absolute atomic E-state index is 12.3. The Morgan fingerprint density at radius 2 is 1.81 bits per heavy atom. The van der Waals surface area contributed by atoms with Gasteiger partial charge in [-0.2, -0.15) is 0 Å². The molecule has 0 aromatic heterocycles. The molecule has 0 fully saturated rings. The number of rotatable bonds is 6. The van der Waals surface area contributed by atoms with E-state index in [0.29, 0.717) is 0 Å². The third-order valence-corrected chi connectivity index (χ3v) is 5.85. The molecule has 0 saturated carbocycles. The summed E-state index contributed by atoms with van der Waals surface area (Å²) in [5.74, 6) is 0. The van der Waals surface area contributed by atoms with E-state index < -0.39 is 32.0 Å². The summed E-state index contributed by atoms with van der Waals surface area (Å²) in [6.07, 6.45) is 0.541. The van der Waals surface area contributed by atoms with Gasteiger partial charge in [0.1, 0.15) is 4.90 Å². The van der Waals surface area contributed by atoms with Crippen molar-refractivity contribution in [3.8, 4) is 0 Å². The van der Waals surface area contributed by atoms with Crippen molar-refractivity contribution in [2.24, 2.45) is 0 Å². The van der Waals surface area contributed by atoms with E-state index in [1.54, 1.807) is 13.8 Å². The van der Waals surface area contributed by atoms with Gasteiger partial charge in [-0.05, 0) is 38.5 Å². The van der Waals surface area contributed by atoms with Crippen LogP contribution in [-0.2, 0) is 19.9 Å². The van der Waals surface area contributed by atoms with Gasteiger partial charge in [-0.3, -0.25) is 0 Å². The Bertz CT molecular complexity index is 713. The summed E-state index contributed by atoms with van der Waals surface area (Å²) >= 11 is 5.86. The van der Waals surface area contributed by atoms with Gasteiger partial charge in [0, 0.05) is 12.3 Å². The SMILES string of the molecule is CC(O)CC(C)NS(=O)(=O)c1cc(S(C)(=O)=O)ccc1Cl. The number of aliphatic hydroxyl groups is 1. The zero-order valence-corrected chi connectivity index (χ0v) is 14.3. The van der Waals surface area contributed by atoms with E-state index in [2.05, 4.69) is 4.72 Å². The van der Waals surface area contributed by atoms with Crippen LogP contribution in [0.15, 0.2) is 28.0 Å². The highest BCUT2D eigenvalue weighted by Crippen LogP contribution is 2.25. The lowest BCUT2D eigenvalue weighted by Crippen LogP contribution is -2.34. The first kappa shape index (κ1) is 18.4. The van der Waals surface area contributed by atoms with Crippen LogP contribution >= 0.6 is 11.6 Å². The van der Waals surface area contributed by atoms with Gasteiger partial charge < -0.3 is 5.11 Å². The lowest BCUT2D eigenvalue weighted by atomic mass is 10.2. The Morgan fingerprint density at radius 1 is 1.24 bits per heavy atom. The van der Waals surface area contributed by atoms with Gasteiger partial charge in [-0.15, -0.1) is 0 Å². The lowest BCUT2D eigenvalue weighted by Gasteiger charge is -2.16. The number of aliphatic hydroxyl groups excluding tert-OH is 1. The molecule has 0 amide bonds. The van der Waals surface area contributed by atoms with Crippen LogP contribution in [0.25, 0.3) is 0 Å². The average molecular weight is 356 g/mol. The van der Waals surface area contributed by atoms with Crippen LogP contribution in [0.2, 0.25) is 5.02 Å². The second-order valence-corrected chi connectivity index (χ2v) is 9.08. The van der Waals surface area contributed by atoms with Gasteiger partial charge in [0.2, 0.25) is 10.0 Å². The molecule has 21 heavy (non-hydrogen) atoms. The molecular weight excluding hydrogens is 338 g/mol. The van der Waals surface area contributed by atoms with E-state index in [1.165, 1.54) is 12.1 Å². The molecule has 2 N–H and O–H groups in total. The van der Waals surface area contributed by atoms with Gasteiger partial charge >= 0.3 is 0 Å². The topological polar surface area (TPSA) is 101 Å². The molecule has 0 radical (unpaired) electrons. The van der Waals surface area contributed by atoms with Crippen molar-refractivity contribution in [1.82, 2.24) is 4.72 Å². The van der Waals surface area contributed by atoms with Crippen molar-refractivity contribution >= 4 is 31.5 Å². The van der Waals surface area contributed by atoms with Crippen LogP contribution in [-0.4, -0.2) is 40.3 Å². The molecule has 6 nitrogen and oxygen atoms in total. The maximum Gasteiger partial charge on any atom is 0.242 e. The van der Waals surface area contributed by atoms with Gasteiger partial charge in [-0.25, -0.2) is 21.6 Å². The minimum atomic E-state index is -3.98. The van der Waals surface area contributed by atoms with Gasteiger partial charge in [-0.1, -0.05) is 11.6 Å². The van der Waals surface area contributed by atoms with Gasteiger partial charge in [0.15, 0.2) is 9.84 Å². The predicted molar refractivity (Wildman–Crippen MR) is 80.6 cm³/mol. The zero-order valence-electron chi connectivity index (χ0n) is 11.9. The summed E-state index contributed by atoms with van der Waals surface area (Å²) in [5.41, 5.74) is 0. The average Bonchev–Trinajstić information content (AvgIpc) is 2.25. The Hall–Kier alpha value is -0.670. The zero-order chi connectivity index (χ0) is 16.4. The number of halogens is 1. The molecule has 2 atom stereocenters. The summed E-state index contributed by atoms with van der Waals surface area (Å²) < 4.78 is 49.9. The molecule has 0 aliphatic heterocycles. The number of sulfone groups is 1. The standard InChI is InChI=1S/C12H18ClNO5S2/c1-8(6-9(2)15)14-21(18,19)12-7-10(20(3,16)17)4-5-11(12)13/h4-5,7-9,14-15H,6H2,1-3H3. The predicted octanol–water partition coefficient (Wildman–Crippen LogP) is 1.18. The number of hydrogen-bond acceptors (Lipinski definition) is 5. The quantitative estimate of drug-likeness (QED) is 0.798. The number of sulfonamides is 1. The van der Waals surface area contributed by atoms with Crippen LogP contribution in [0.5, 0.6) is 0 Å². The first-order valence-electron chi connectivity index (χ1n) is 6.13. The molecule has 1 aromatic rings. The molecule has 9 heteroatoms. The van der Waals surface area contributed by atoms with E-state index in [4.69, 9.17) is 11.6 Å². The monoisotopic (exact) mass is 355 g/mol.